The van der Waals surface area contributed by atoms with Gasteiger partial charge < -0.3 is 14.5 Å². The molecule has 1 aromatic carbocycles. The molecule has 1 aliphatic rings. The number of carbonyl (C=O) groups is 1. The molecule has 27 heavy (non-hydrogen) atoms. The third-order valence-corrected chi connectivity index (χ3v) is 5.50. The van der Waals surface area contributed by atoms with Crippen molar-refractivity contribution in [2.75, 3.05) is 46.4 Å². The number of likely N-dealkylation sites (N-methyl/N-ethyl adjacent to an activating group) is 1. The van der Waals surface area contributed by atoms with Gasteiger partial charge in [0.05, 0.1) is 25.8 Å². The summed E-state index contributed by atoms with van der Waals surface area (Å²) in [5.74, 6) is 0.905. The minimum atomic E-state index is -0.0810. The molecule has 0 saturated carbocycles. The Balaban J connectivity index is 1.52. The number of rotatable bonds is 7. The van der Waals surface area contributed by atoms with Crippen LogP contribution in [-0.4, -0.2) is 67.7 Å². The molecule has 6 heteroatoms. The summed E-state index contributed by atoms with van der Waals surface area (Å²) in [4.78, 5) is 16.8. The molecule has 0 bridgehead atoms. The summed E-state index contributed by atoms with van der Waals surface area (Å²) >= 11 is 0. The maximum Gasteiger partial charge on any atom is 0.234 e. The van der Waals surface area contributed by atoms with E-state index < -0.39 is 0 Å². The molecule has 6 nitrogen and oxygen atoms in total. The molecular formula is C21H31N3O3. The fourth-order valence-electron chi connectivity index (χ4n) is 3.44. The van der Waals surface area contributed by atoms with Crippen LogP contribution in [0.4, 0.5) is 0 Å². The molecule has 1 amide bonds. The highest BCUT2D eigenvalue weighted by molar-refractivity contribution is 5.79. The Bertz CT molecular complexity index is 732. The van der Waals surface area contributed by atoms with Gasteiger partial charge in [-0.3, -0.25) is 14.6 Å². The van der Waals surface area contributed by atoms with Crippen LogP contribution in [0.5, 0.6) is 0 Å². The molecule has 2 heterocycles. The Morgan fingerprint density at radius 2 is 2.00 bits per heavy atom. The van der Waals surface area contributed by atoms with Gasteiger partial charge in [-0.15, -0.1) is 0 Å². The van der Waals surface area contributed by atoms with E-state index in [0.717, 1.165) is 43.0 Å². The summed E-state index contributed by atoms with van der Waals surface area (Å²) in [5.41, 5.74) is 0.798. The Hall–Kier alpha value is -1.89. The molecule has 3 rings (SSSR count). The van der Waals surface area contributed by atoms with E-state index in [2.05, 4.69) is 37.1 Å². The predicted molar refractivity (Wildman–Crippen MR) is 107 cm³/mol. The predicted octanol–water partition coefficient (Wildman–Crippen LogP) is 2.65. The first-order valence-corrected chi connectivity index (χ1v) is 9.65. The summed E-state index contributed by atoms with van der Waals surface area (Å²) in [6, 6.07) is 10.0. The molecular weight excluding hydrogens is 342 g/mol. The average molecular weight is 373 g/mol. The van der Waals surface area contributed by atoms with Crippen molar-refractivity contribution in [2.45, 2.75) is 32.4 Å². The van der Waals surface area contributed by atoms with Gasteiger partial charge in [0, 0.05) is 30.6 Å². The minimum absolute atomic E-state index is 0.0235. The second kappa shape index (κ2) is 8.42. The number of nitrogens with one attached hydrogen (secondary N) is 1. The van der Waals surface area contributed by atoms with E-state index in [4.69, 9.17) is 9.15 Å². The van der Waals surface area contributed by atoms with E-state index in [1.54, 1.807) is 0 Å². The largest absolute Gasteiger partial charge is 0.459 e. The van der Waals surface area contributed by atoms with Crippen LogP contribution < -0.4 is 5.32 Å². The number of carbonyl (C=O) groups excluding carboxylic acids is 1. The SMILES string of the molecule is CC(c1cc2ccccc2o1)N(C)CC(=O)NCC(C)(C)N1CCOCC1. The van der Waals surface area contributed by atoms with Crippen LogP contribution in [0.25, 0.3) is 11.0 Å². The maximum absolute atomic E-state index is 12.5. The number of morpholine rings is 1. The standard InChI is InChI=1S/C21H31N3O3/c1-16(19-13-17-7-5-6-8-18(17)27-19)23(4)14-20(25)22-15-21(2,3)24-9-11-26-12-10-24/h5-8,13,16H,9-12,14-15H2,1-4H3,(H,22,25). The summed E-state index contributed by atoms with van der Waals surface area (Å²) in [6.45, 7) is 10.7. The fourth-order valence-corrected chi connectivity index (χ4v) is 3.44. The number of amides is 1. The van der Waals surface area contributed by atoms with Gasteiger partial charge in [-0.05, 0) is 40.0 Å². The quantitative estimate of drug-likeness (QED) is 0.809. The zero-order chi connectivity index (χ0) is 19.4. The summed E-state index contributed by atoms with van der Waals surface area (Å²) < 4.78 is 11.4. The van der Waals surface area contributed by atoms with E-state index in [9.17, 15) is 4.79 Å². The van der Waals surface area contributed by atoms with E-state index in [-0.39, 0.29) is 17.5 Å². The highest BCUT2D eigenvalue weighted by Gasteiger charge is 2.29. The molecule has 1 unspecified atom stereocenters. The summed E-state index contributed by atoms with van der Waals surface area (Å²) in [6.07, 6.45) is 0. The second-order valence-corrected chi connectivity index (χ2v) is 7.97. The maximum atomic E-state index is 12.5. The highest BCUT2D eigenvalue weighted by atomic mass is 16.5. The summed E-state index contributed by atoms with van der Waals surface area (Å²) in [7, 11) is 1.95. The first-order chi connectivity index (χ1) is 12.9. The number of para-hydroxylation sites is 1. The highest BCUT2D eigenvalue weighted by Crippen LogP contribution is 2.26. The van der Waals surface area contributed by atoms with Crippen LogP contribution in [-0.2, 0) is 9.53 Å². The molecule has 148 valence electrons. The van der Waals surface area contributed by atoms with Crippen molar-refractivity contribution in [1.29, 1.82) is 0 Å². The Kier molecular flexibility index (Phi) is 6.19. The lowest BCUT2D eigenvalue weighted by Gasteiger charge is -2.41. The van der Waals surface area contributed by atoms with Crippen LogP contribution in [0, 0.1) is 0 Å². The van der Waals surface area contributed by atoms with Crippen LogP contribution in [0.2, 0.25) is 0 Å². The lowest BCUT2D eigenvalue weighted by atomic mass is 10.0. The molecule has 0 aliphatic carbocycles. The number of hydrogen-bond acceptors (Lipinski definition) is 5. The van der Waals surface area contributed by atoms with Crippen molar-refractivity contribution in [3.63, 3.8) is 0 Å². The van der Waals surface area contributed by atoms with Crippen molar-refractivity contribution >= 4 is 16.9 Å². The lowest BCUT2D eigenvalue weighted by molar-refractivity contribution is -0.123. The Labute approximate surface area is 161 Å². The number of nitrogens with zero attached hydrogens (tertiary/aromatic N) is 2. The van der Waals surface area contributed by atoms with Gasteiger partial charge in [-0.2, -0.15) is 0 Å². The van der Waals surface area contributed by atoms with Crippen LogP contribution in [0.3, 0.4) is 0 Å². The number of furan rings is 1. The second-order valence-electron chi connectivity index (χ2n) is 7.97. The minimum Gasteiger partial charge on any atom is -0.459 e. The normalized spacial score (nSPS) is 17.4. The van der Waals surface area contributed by atoms with Crippen molar-refractivity contribution in [3.05, 3.63) is 36.1 Å². The van der Waals surface area contributed by atoms with Crippen LogP contribution in [0.15, 0.2) is 34.7 Å². The Morgan fingerprint density at radius 3 is 2.70 bits per heavy atom. The van der Waals surface area contributed by atoms with Gasteiger partial charge in [-0.1, -0.05) is 18.2 Å². The van der Waals surface area contributed by atoms with Crippen molar-refractivity contribution in [3.8, 4) is 0 Å². The third-order valence-electron chi connectivity index (χ3n) is 5.50. The monoisotopic (exact) mass is 373 g/mol. The van der Waals surface area contributed by atoms with Gasteiger partial charge in [0.2, 0.25) is 5.91 Å². The van der Waals surface area contributed by atoms with Crippen LogP contribution in [0.1, 0.15) is 32.6 Å². The van der Waals surface area contributed by atoms with E-state index in [0.29, 0.717) is 13.1 Å². The molecule has 1 saturated heterocycles. The Morgan fingerprint density at radius 1 is 1.30 bits per heavy atom. The molecule has 0 spiro atoms. The zero-order valence-electron chi connectivity index (χ0n) is 16.8. The van der Waals surface area contributed by atoms with E-state index >= 15 is 0 Å². The molecule has 1 aromatic heterocycles. The topological polar surface area (TPSA) is 58.0 Å². The van der Waals surface area contributed by atoms with Gasteiger partial charge in [0.1, 0.15) is 11.3 Å². The average Bonchev–Trinajstić information content (AvgIpc) is 3.10. The molecule has 0 radical (unpaired) electrons. The molecule has 1 atom stereocenters. The van der Waals surface area contributed by atoms with Crippen molar-refractivity contribution in [1.82, 2.24) is 15.1 Å². The van der Waals surface area contributed by atoms with E-state index in [1.807, 2.05) is 36.2 Å². The smallest absolute Gasteiger partial charge is 0.234 e. The fraction of sp³-hybridized carbons (Fsp3) is 0.571. The van der Waals surface area contributed by atoms with Gasteiger partial charge in [-0.25, -0.2) is 0 Å². The lowest BCUT2D eigenvalue weighted by Crippen LogP contribution is -2.56. The summed E-state index contributed by atoms with van der Waals surface area (Å²) in [5, 5.41) is 4.18. The number of fused-ring (bicyclic) bond motifs is 1. The van der Waals surface area contributed by atoms with E-state index in [1.165, 1.54) is 0 Å². The van der Waals surface area contributed by atoms with Crippen molar-refractivity contribution in [2.24, 2.45) is 0 Å². The first kappa shape index (κ1) is 19.9. The van der Waals surface area contributed by atoms with Gasteiger partial charge >= 0.3 is 0 Å². The van der Waals surface area contributed by atoms with Gasteiger partial charge in [0.25, 0.3) is 0 Å². The first-order valence-electron chi connectivity index (χ1n) is 9.65. The molecule has 1 aliphatic heterocycles. The molecule has 2 aromatic rings. The molecule has 1 fully saturated rings. The third kappa shape index (κ3) is 4.89. The zero-order valence-corrected chi connectivity index (χ0v) is 16.8. The number of hydrogen-bond donors (Lipinski definition) is 1. The number of benzene rings is 1. The van der Waals surface area contributed by atoms with Gasteiger partial charge in [0.15, 0.2) is 0 Å². The number of ether oxygens (including phenoxy) is 1. The molecule has 1 N–H and O–H groups in total. The van der Waals surface area contributed by atoms with Crippen molar-refractivity contribution < 1.29 is 13.9 Å². The van der Waals surface area contributed by atoms with Crippen LogP contribution >= 0.6 is 0 Å².